The van der Waals surface area contributed by atoms with E-state index < -0.39 is 24.3 Å². The minimum Gasteiger partial charge on any atom is -0.475 e. The molecule has 0 bridgehead atoms. The summed E-state index contributed by atoms with van der Waals surface area (Å²) in [5, 5.41) is 17.4. The molecule has 2 aliphatic heterocycles. The van der Waals surface area contributed by atoms with Crippen molar-refractivity contribution in [3.05, 3.63) is 41.1 Å². The van der Waals surface area contributed by atoms with Crippen molar-refractivity contribution < 1.29 is 50.9 Å². The molecule has 4 heterocycles. The van der Waals surface area contributed by atoms with Crippen LogP contribution >= 0.6 is 11.3 Å². The quantitative estimate of drug-likeness (QED) is 0.549. The summed E-state index contributed by atoms with van der Waals surface area (Å²) in [5.74, 6) is -4.88. The lowest BCUT2D eigenvalue weighted by Gasteiger charge is -2.26. The number of nitrogens with zero attached hydrogens (tertiary/aromatic N) is 4. The predicted octanol–water partition coefficient (Wildman–Crippen LogP) is 3.68. The largest absolute Gasteiger partial charge is 0.490 e. The standard InChI is InChI=1S/C17H20N4OS.2C2HF3O2/c1-13-10-20(11-15-19-6-8-23-15)12-17(13)4-7-21(16(17)22)14-3-2-5-18-9-14;2*3-2(4,5)1(6)7/h2-3,5-6,8-9,13H,4,7,10-12H2,1H3;2*(H,6,7)/t13-,17-;;/m1../s1. The first-order chi connectivity index (χ1) is 17.1. The number of anilines is 1. The van der Waals surface area contributed by atoms with Gasteiger partial charge in [-0.2, -0.15) is 26.3 Å². The van der Waals surface area contributed by atoms with Crippen molar-refractivity contribution in [2.45, 2.75) is 32.2 Å². The van der Waals surface area contributed by atoms with Gasteiger partial charge in [0.1, 0.15) is 5.01 Å². The molecule has 0 radical (unpaired) electrons. The van der Waals surface area contributed by atoms with Crippen LogP contribution in [0, 0.1) is 11.3 Å². The Morgan fingerprint density at radius 1 is 1.14 bits per heavy atom. The van der Waals surface area contributed by atoms with Crippen LogP contribution in [0.1, 0.15) is 18.4 Å². The number of alkyl halides is 6. The first-order valence-corrected chi connectivity index (χ1v) is 11.4. The number of carbonyl (C=O) groups excluding carboxylic acids is 1. The van der Waals surface area contributed by atoms with Gasteiger partial charge in [0.05, 0.1) is 23.8 Å². The monoisotopic (exact) mass is 556 g/mol. The summed E-state index contributed by atoms with van der Waals surface area (Å²) < 4.78 is 63.5. The summed E-state index contributed by atoms with van der Waals surface area (Å²) in [6.45, 7) is 5.66. The molecule has 2 N–H and O–H groups in total. The average Bonchev–Trinajstić information content (AvgIpc) is 3.50. The van der Waals surface area contributed by atoms with Crippen LogP contribution in [-0.2, 0) is 20.9 Å². The number of thiazole rings is 1. The van der Waals surface area contributed by atoms with E-state index in [-0.39, 0.29) is 11.3 Å². The third-order valence-electron chi connectivity index (χ3n) is 5.72. The number of hydrogen-bond donors (Lipinski definition) is 2. The Bertz CT molecular complexity index is 1040. The van der Waals surface area contributed by atoms with Gasteiger partial charge in [-0.3, -0.25) is 14.7 Å². The Morgan fingerprint density at radius 2 is 1.73 bits per heavy atom. The van der Waals surface area contributed by atoms with Crippen LogP contribution in [-0.4, -0.2) is 74.9 Å². The Balaban J connectivity index is 0.000000286. The fraction of sp³-hybridized carbons (Fsp3) is 0.476. The molecule has 204 valence electrons. The summed E-state index contributed by atoms with van der Waals surface area (Å²) in [7, 11) is 0. The summed E-state index contributed by atoms with van der Waals surface area (Å²) >= 11 is 1.68. The molecule has 2 saturated heterocycles. The highest BCUT2D eigenvalue weighted by molar-refractivity contribution is 7.09. The molecule has 0 saturated carbocycles. The van der Waals surface area contributed by atoms with Gasteiger partial charge < -0.3 is 15.1 Å². The van der Waals surface area contributed by atoms with Gasteiger partial charge in [0.25, 0.3) is 0 Å². The summed E-state index contributed by atoms with van der Waals surface area (Å²) in [6, 6.07) is 3.86. The molecular weight excluding hydrogens is 534 g/mol. The van der Waals surface area contributed by atoms with Crippen molar-refractivity contribution in [3.8, 4) is 0 Å². The number of pyridine rings is 1. The Kier molecular flexibility index (Phi) is 9.60. The average molecular weight is 556 g/mol. The number of carboxylic acids is 2. The first-order valence-electron chi connectivity index (χ1n) is 10.5. The number of hydrogen-bond acceptors (Lipinski definition) is 7. The van der Waals surface area contributed by atoms with E-state index in [1.54, 1.807) is 23.7 Å². The highest BCUT2D eigenvalue weighted by Gasteiger charge is 2.55. The molecular formula is C21H22F6N4O5S. The van der Waals surface area contributed by atoms with E-state index in [0.29, 0.717) is 5.92 Å². The van der Waals surface area contributed by atoms with E-state index in [0.717, 1.165) is 43.3 Å². The normalized spacial score (nSPS) is 21.8. The fourth-order valence-electron chi connectivity index (χ4n) is 3.98. The van der Waals surface area contributed by atoms with Crippen molar-refractivity contribution in [2.24, 2.45) is 11.3 Å². The molecule has 1 spiro atoms. The number of aromatic nitrogens is 2. The van der Waals surface area contributed by atoms with Gasteiger partial charge in [-0.15, -0.1) is 11.3 Å². The van der Waals surface area contributed by atoms with E-state index in [4.69, 9.17) is 19.8 Å². The number of amides is 1. The molecule has 0 aliphatic carbocycles. The van der Waals surface area contributed by atoms with Gasteiger partial charge in [-0.1, -0.05) is 6.92 Å². The molecule has 2 aliphatic rings. The number of likely N-dealkylation sites (tertiary alicyclic amines) is 1. The van der Waals surface area contributed by atoms with Gasteiger partial charge in [0.15, 0.2) is 0 Å². The number of rotatable bonds is 3. The van der Waals surface area contributed by atoms with Gasteiger partial charge >= 0.3 is 24.3 Å². The summed E-state index contributed by atoms with van der Waals surface area (Å²) in [4.78, 5) is 43.8. The molecule has 16 heteroatoms. The van der Waals surface area contributed by atoms with Gasteiger partial charge in [0, 0.05) is 37.4 Å². The summed E-state index contributed by atoms with van der Waals surface area (Å²) in [5.41, 5.74) is 0.674. The summed E-state index contributed by atoms with van der Waals surface area (Å²) in [6.07, 6.45) is -3.87. The molecule has 0 unspecified atom stereocenters. The van der Waals surface area contributed by atoms with E-state index in [9.17, 15) is 31.1 Å². The van der Waals surface area contributed by atoms with E-state index in [1.807, 2.05) is 28.6 Å². The molecule has 0 aromatic carbocycles. The lowest BCUT2D eigenvalue weighted by atomic mass is 9.78. The van der Waals surface area contributed by atoms with Crippen LogP contribution in [0.2, 0.25) is 0 Å². The smallest absolute Gasteiger partial charge is 0.475 e. The zero-order valence-corrected chi connectivity index (χ0v) is 20.0. The van der Waals surface area contributed by atoms with Crippen LogP contribution < -0.4 is 4.90 Å². The van der Waals surface area contributed by atoms with Crippen LogP contribution in [0.4, 0.5) is 32.0 Å². The third kappa shape index (κ3) is 7.85. The van der Waals surface area contributed by atoms with E-state index in [1.165, 1.54) is 0 Å². The fourth-order valence-corrected chi connectivity index (χ4v) is 4.63. The predicted molar refractivity (Wildman–Crippen MR) is 118 cm³/mol. The van der Waals surface area contributed by atoms with Gasteiger partial charge in [-0.05, 0) is 24.5 Å². The van der Waals surface area contributed by atoms with Crippen molar-refractivity contribution in [3.63, 3.8) is 0 Å². The number of carbonyl (C=O) groups is 3. The Hall–Kier alpha value is -3.27. The Labute approximate surface area is 210 Å². The van der Waals surface area contributed by atoms with Gasteiger partial charge in [0.2, 0.25) is 5.91 Å². The number of halogens is 6. The zero-order valence-electron chi connectivity index (χ0n) is 19.2. The third-order valence-corrected chi connectivity index (χ3v) is 6.48. The lowest BCUT2D eigenvalue weighted by molar-refractivity contribution is -0.193. The van der Waals surface area contributed by atoms with E-state index in [2.05, 4.69) is 21.8 Å². The SMILES string of the molecule is C[C@@H]1CN(Cc2nccs2)C[C@]12CCN(c1cccnc1)C2=O.O=C(O)C(F)(F)F.O=C(O)C(F)(F)F. The van der Waals surface area contributed by atoms with Crippen LogP contribution in [0.15, 0.2) is 36.1 Å². The maximum atomic E-state index is 13.1. The van der Waals surface area contributed by atoms with Crippen LogP contribution in [0.3, 0.4) is 0 Å². The van der Waals surface area contributed by atoms with Crippen molar-refractivity contribution in [1.82, 2.24) is 14.9 Å². The molecule has 4 rings (SSSR count). The second-order valence-corrected chi connectivity index (χ2v) is 9.16. The number of carboxylic acid groups (broad SMARTS) is 2. The van der Waals surface area contributed by atoms with Crippen molar-refractivity contribution in [2.75, 3.05) is 24.5 Å². The topological polar surface area (TPSA) is 124 Å². The molecule has 2 aromatic heterocycles. The molecule has 37 heavy (non-hydrogen) atoms. The lowest BCUT2D eigenvalue weighted by Crippen LogP contribution is -2.39. The molecule has 2 atom stereocenters. The molecule has 2 aromatic rings. The maximum Gasteiger partial charge on any atom is 0.490 e. The highest BCUT2D eigenvalue weighted by Crippen LogP contribution is 2.46. The second-order valence-electron chi connectivity index (χ2n) is 8.18. The highest BCUT2D eigenvalue weighted by atomic mass is 32.1. The molecule has 9 nitrogen and oxygen atoms in total. The van der Waals surface area contributed by atoms with E-state index >= 15 is 0 Å². The molecule has 2 fully saturated rings. The van der Waals surface area contributed by atoms with Gasteiger partial charge in [-0.25, -0.2) is 14.6 Å². The first kappa shape index (κ1) is 30.0. The maximum absolute atomic E-state index is 13.1. The van der Waals surface area contributed by atoms with Crippen molar-refractivity contribution in [1.29, 1.82) is 0 Å². The Morgan fingerprint density at radius 3 is 2.19 bits per heavy atom. The minimum atomic E-state index is -5.08. The molecule has 1 amide bonds. The van der Waals surface area contributed by atoms with Crippen LogP contribution in [0.5, 0.6) is 0 Å². The minimum absolute atomic E-state index is 0.243. The van der Waals surface area contributed by atoms with Crippen molar-refractivity contribution >= 4 is 34.9 Å². The number of aliphatic carboxylic acids is 2. The zero-order chi connectivity index (χ0) is 28.0. The van der Waals surface area contributed by atoms with Crippen LogP contribution in [0.25, 0.3) is 0 Å². The second kappa shape index (κ2) is 11.9.